The highest BCUT2D eigenvalue weighted by molar-refractivity contribution is 7.17. The van der Waals surface area contributed by atoms with Gasteiger partial charge in [-0.2, -0.15) is 5.26 Å². The first-order chi connectivity index (χ1) is 6.92. The van der Waals surface area contributed by atoms with Gasteiger partial charge in [-0.1, -0.05) is 24.3 Å². The van der Waals surface area contributed by atoms with E-state index in [2.05, 4.69) is 29.6 Å². The summed E-state index contributed by atoms with van der Waals surface area (Å²) in [6.45, 7) is 0. The Morgan fingerprint density at radius 2 is 2.29 bits per heavy atom. The lowest BCUT2D eigenvalue weighted by atomic mass is 10.1. The Bertz CT molecular complexity index is 502. The molecule has 0 saturated heterocycles. The molecule has 0 fully saturated rings. The first kappa shape index (κ1) is 8.98. The topological polar surface area (TPSA) is 23.8 Å². The van der Waals surface area contributed by atoms with Crippen LogP contribution >= 0.6 is 11.3 Å². The summed E-state index contributed by atoms with van der Waals surface area (Å²) in [5.74, 6) is 0. The molecule has 1 nitrogen and oxygen atoms in total. The van der Waals surface area contributed by atoms with Gasteiger partial charge in [0.25, 0.3) is 0 Å². The first-order valence-electron chi connectivity index (χ1n) is 4.41. The zero-order valence-electron chi connectivity index (χ0n) is 7.60. The highest BCUT2D eigenvalue weighted by Crippen LogP contribution is 2.24. The van der Waals surface area contributed by atoms with Gasteiger partial charge in [-0.3, -0.25) is 0 Å². The lowest BCUT2D eigenvalue weighted by Gasteiger charge is -1.94. The molecule has 0 unspecified atom stereocenters. The molecule has 2 heteroatoms. The Morgan fingerprint density at radius 1 is 1.36 bits per heavy atom. The fourth-order valence-electron chi connectivity index (χ4n) is 1.40. The van der Waals surface area contributed by atoms with E-state index in [0.717, 1.165) is 0 Å². The number of benzene rings is 1. The maximum atomic E-state index is 8.42. The van der Waals surface area contributed by atoms with E-state index in [1.54, 1.807) is 11.3 Å². The summed E-state index contributed by atoms with van der Waals surface area (Å²) >= 11 is 1.74. The summed E-state index contributed by atoms with van der Waals surface area (Å²) < 4.78 is 1.30. The molecule has 0 spiro atoms. The van der Waals surface area contributed by atoms with Crippen LogP contribution in [0.15, 0.2) is 35.7 Å². The highest BCUT2D eigenvalue weighted by atomic mass is 32.1. The molecule has 0 N–H and O–H groups in total. The van der Waals surface area contributed by atoms with Crippen molar-refractivity contribution in [3.63, 3.8) is 0 Å². The molecule has 0 bridgehead atoms. The fourth-order valence-corrected chi connectivity index (χ4v) is 2.22. The van der Waals surface area contributed by atoms with E-state index in [1.165, 1.54) is 15.6 Å². The average molecular weight is 199 g/mol. The van der Waals surface area contributed by atoms with Gasteiger partial charge in [0.05, 0.1) is 12.5 Å². The fraction of sp³-hybridized carbons (Fsp3) is 0.0833. The van der Waals surface area contributed by atoms with Crippen molar-refractivity contribution in [1.29, 1.82) is 5.26 Å². The summed E-state index contributed by atoms with van der Waals surface area (Å²) in [7, 11) is 0. The minimum absolute atomic E-state index is 0.473. The molecule has 1 aromatic heterocycles. The summed E-state index contributed by atoms with van der Waals surface area (Å²) in [5, 5.41) is 11.8. The third kappa shape index (κ3) is 1.68. The van der Waals surface area contributed by atoms with Crippen LogP contribution in [-0.2, 0) is 0 Å². The van der Waals surface area contributed by atoms with Crippen LogP contribution in [-0.4, -0.2) is 0 Å². The molecule has 1 heterocycles. The number of fused-ring (bicyclic) bond motifs is 1. The number of nitrogens with zero attached hydrogens (tertiary/aromatic N) is 1. The van der Waals surface area contributed by atoms with Crippen molar-refractivity contribution in [1.82, 2.24) is 0 Å². The lowest BCUT2D eigenvalue weighted by Crippen LogP contribution is -1.71. The Hall–Kier alpha value is -1.59. The Kier molecular flexibility index (Phi) is 2.62. The second kappa shape index (κ2) is 4.08. The highest BCUT2D eigenvalue weighted by Gasteiger charge is 1.97. The molecule has 2 rings (SSSR count). The van der Waals surface area contributed by atoms with Crippen molar-refractivity contribution in [2.75, 3.05) is 0 Å². The molecule has 0 saturated carbocycles. The predicted molar refractivity (Wildman–Crippen MR) is 61.1 cm³/mol. The molecule has 68 valence electrons. The predicted octanol–water partition coefficient (Wildman–Crippen LogP) is 3.83. The van der Waals surface area contributed by atoms with E-state index in [9.17, 15) is 0 Å². The second-order valence-electron chi connectivity index (χ2n) is 2.94. The quantitative estimate of drug-likeness (QED) is 0.721. The van der Waals surface area contributed by atoms with Crippen molar-refractivity contribution >= 4 is 27.5 Å². The minimum atomic E-state index is 0.473. The minimum Gasteiger partial charge on any atom is -0.198 e. The van der Waals surface area contributed by atoms with Crippen molar-refractivity contribution in [2.24, 2.45) is 0 Å². The summed E-state index contributed by atoms with van der Waals surface area (Å²) in [4.78, 5) is 0. The van der Waals surface area contributed by atoms with Crippen LogP contribution < -0.4 is 0 Å². The molecule has 0 aliphatic rings. The lowest BCUT2D eigenvalue weighted by molar-refractivity contribution is 1.36. The molecule has 0 aliphatic carbocycles. The van der Waals surface area contributed by atoms with Crippen molar-refractivity contribution in [3.8, 4) is 6.07 Å². The second-order valence-corrected chi connectivity index (χ2v) is 3.89. The molecule has 14 heavy (non-hydrogen) atoms. The normalized spacial score (nSPS) is 10.8. The molecular formula is C12H9NS. The van der Waals surface area contributed by atoms with Crippen LogP contribution in [0.1, 0.15) is 12.0 Å². The third-order valence-electron chi connectivity index (χ3n) is 2.04. The zero-order valence-corrected chi connectivity index (χ0v) is 8.42. The monoisotopic (exact) mass is 199 g/mol. The van der Waals surface area contributed by atoms with Crippen molar-refractivity contribution in [3.05, 3.63) is 41.3 Å². The number of thiophene rings is 1. The largest absolute Gasteiger partial charge is 0.198 e. The van der Waals surface area contributed by atoms with Crippen LogP contribution in [0.4, 0.5) is 0 Å². The summed E-state index contributed by atoms with van der Waals surface area (Å²) in [5.41, 5.74) is 1.19. The van der Waals surface area contributed by atoms with Crippen LogP contribution in [0, 0.1) is 11.3 Å². The molecule has 1 aromatic carbocycles. The number of allylic oxidation sites excluding steroid dienone is 1. The number of rotatable bonds is 2. The Morgan fingerprint density at radius 3 is 3.14 bits per heavy atom. The smallest absolute Gasteiger partial charge is 0.0663 e. The van der Waals surface area contributed by atoms with Gasteiger partial charge in [0.2, 0.25) is 0 Å². The third-order valence-corrected chi connectivity index (χ3v) is 2.92. The molecular weight excluding hydrogens is 190 g/mol. The molecule has 0 amide bonds. The number of hydrogen-bond acceptors (Lipinski definition) is 2. The Balaban J connectivity index is 2.42. The van der Waals surface area contributed by atoms with E-state index >= 15 is 0 Å². The van der Waals surface area contributed by atoms with Crippen LogP contribution in [0.25, 0.3) is 16.2 Å². The molecule has 2 aromatic rings. The molecule has 0 atom stereocenters. The molecule has 0 radical (unpaired) electrons. The number of nitriles is 1. The zero-order chi connectivity index (χ0) is 9.80. The van der Waals surface area contributed by atoms with Gasteiger partial charge in [0, 0.05) is 4.70 Å². The summed E-state index contributed by atoms with van der Waals surface area (Å²) in [6.07, 6.45) is 4.38. The summed E-state index contributed by atoms with van der Waals surface area (Å²) in [6, 6.07) is 10.4. The maximum absolute atomic E-state index is 8.42. The van der Waals surface area contributed by atoms with Crippen molar-refractivity contribution in [2.45, 2.75) is 6.42 Å². The standard InChI is InChI=1S/C12H9NS/c13-8-2-1-4-10-5-3-6-12-11(10)7-9-14-12/h1,3-7,9H,2H2. The van der Waals surface area contributed by atoms with Gasteiger partial charge in [-0.25, -0.2) is 0 Å². The molecule has 0 aliphatic heterocycles. The van der Waals surface area contributed by atoms with Gasteiger partial charge in [-0.15, -0.1) is 11.3 Å². The number of hydrogen-bond donors (Lipinski definition) is 0. The van der Waals surface area contributed by atoms with Crippen LogP contribution in [0.2, 0.25) is 0 Å². The van der Waals surface area contributed by atoms with Gasteiger partial charge in [0.15, 0.2) is 0 Å². The van der Waals surface area contributed by atoms with Crippen LogP contribution in [0.5, 0.6) is 0 Å². The van der Waals surface area contributed by atoms with E-state index in [-0.39, 0.29) is 0 Å². The van der Waals surface area contributed by atoms with Gasteiger partial charge in [-0.05, 0) is 28.5 Å². The van der Waals surface area contributed by atoms with E-state index in [4.69, 9.17) is 5.26 Å². The van der Waals surface area contributed by atoms with Crippen LogP contribution in [0.3, 0.4) is 0 Å². The van der Waals surface area contributed by atoms with E-state index in [0.29, 0.717) is 6.42 Å². The van der Waals surface area contributed by atoms with Gasteiger partial charge < -0.3 is 0 Å². The van der Waals surface area contributed by atoms with Gasteiger partial charge in [0.1, 0.15) is 0 Å². The first-order valence-corrected chi connectivity index (χ1v) is 5.29. The SMILES string of the molecule is N#CCC=Cc1cccc2sccc12. The maximum Gasteiger partial charge on any atom is 0.0663 e. The Labute approximate surface area is 86.9 Å². The average Bonchev–Trinajstić information content (AvgIpc) is 2.67. The van der Waals surface area contributed by atoms with E-state index < -0.39 is 0 Å². The van der Waals surface area contributed by atoms with E-state index in [1.807, 2.05) is 18.2 Å². The van der Waals surface area contributed by atoms with Gasteiger partial charge >= 0.3 is 0 Å². The van der Waals surface area contributed by atoms with Crippen molar-refractivity contribution < 1.29 is 0 Å².